The number of benzene rings is 2. The summed E-state index contributed by atoms with van der Waals surface area (Å²) in [6.45, 7) is 2.05. The number of rotatable bonds is 1. The molecule has 0 radical (unpaired) electrons. The highest BCUT2D eigenvalue weighted by Gasteiger charge is 2.58. The van der Waals surface area contributed by atoms with Gasteiger partial charge in [0.05, 0.1) is 17.0 Å². The molecule has 5 heteroatoms. The summed E-state index contributed by atoms with van der Waals surface area (Å²) in [5.74, 6) is -0.395. The Hall–Kier alpha value is -3.39. The number of nitrogens with one attached hydrogen (secondary N) is 2. The molecule has 0 saturated carbocycles. The molecule has 2 heterocycles. The highest BCUT2D eigenvalue weighted by Crippen LogP contribution is 2.60. The lowest BCUT2D eigenvalue weighted by atomic mass is 9.63. The number of nitriles is 1. The van der Waals surface area contributed by atoms with Crippen LogP contribution in [0.4, 0.5) is 0 Å². The van der Waals surface area contributed by atoms with Gasteiger partial charge in [-0.2, -0.15) is 5.26 Å². The molecule has 0 bridgehead atoms. The van der Waals surface area contributed by atoms with Gasteiger partial charge in [-0.05, 0) is 28.7 Å². The van der Waals surface area contributed by atoms with E-state index in [9.17, 15) is 5.26 Å². The minimum atomic E-state index is -0.773. The summed E-state index contributed by atoms with van der Waals surface area (Å²) < 4.78 is 5.65. The van der Waals surface area contributed by atoms with Crippen LogP contribution in [0.5, 0.6) is 5.88 Å². The average molecular weight is 340 g/mol. The van der Waals surface area contributed by atoms with E-state index < -0.39 is 11.3 Å². The average Bonchev–Trinajstić information content (AvgIpc) is 3.21. The molecule has 5 nitrogen and oxygen atoms in total. The van der Waals surface area contributed by atoms with Crippen LogP contribution >= 0.6 is 0 Å². The van der Waals surface area contributed by atoms with Gasteiger partial charge in [-0.1, -0.05) is 55.5 Å². The summed E-state index contributed by atoms with van der Waals surface area (Å²) in [4.78, 5) is 0. The number of aromatic nitrogens is 2. The first kappa shape index (κ1) is 14.9. The molecule has 2 aliphatic rings. The Morgan fingerprint density at radius 1 is 1.15 bits per heavy atom. The first-order chi connectivity index (χ1) is 12.7. The number of hydrogen-bond acceptors (Lipinski definition) is 4. The smallest absolute Gasteiger partial charge is 0.244 e. The summed E-state index contributed by atoms with van der Waals surface area (Å²) >= 11 is 0. The maximum atomic E-state index is 10.1. The van der Waals surface area contributed by atoms with Gasteiger partial charge in [-0.15, -0.1) is 5.10 Å². The van der Waals surface area contributed by atoms with E-state index in [1.807, 2.05) is 24.3 Å². The molecule has 2 aromatic carbocycles. The molecule has 1 aliphatic heterocycles. The molecule has 3 aromatic rings. The van der Waals surface area contributed by atoms with Crippen LogP contribution < -0.4 is 4.74 Å². The van der Waals surface area contributed by atoms with Crippen molar-refractivity contribution in [3.63, 3.8) is 0 Å². The fourth-order valence-electron chi connectivity index (χ4n) is 4.60. The fourth-order valence-corrected chi connectivity index (χ4v) is 4.60. The van der Waals surface area contributed by atoms with Crippen LogP contribution in [0.1, 0.15) is 29.3 Å². The summed E-state index contributed by atoms with van der Waals surface area (Å²) in [5, 5.41) is 25.9. The zero-order valence-electron chi connectivity index (χ0n) is 14.2. The number of H-pyrrole nitrogens is 1. The molecule has 1 atom stereocenters. The minimum Gasteiger partial charge on any atom is -0.422 e. The Balaban J connectivity index is 2.01. The second-order valence-corrected chi connectivity index (χ2v) is 6.66. The number of hydrogen-bond donors (Lipinski definition) is 2. The molecule has 0 saturated heterocycles. The van der Waals surface area contributed by atoms with Crippen molar-refractivity contribution >= 4 is 5.90 Å². The van der Waals surface area contributed by atoms with Gasteiger partial charge in [0.1, 0.15) is 5.92 Å². The summed E-state index contributed by atoms with van der Waals surface area (Å²) in [5.41, 5.74) is 5.35. The number of aromatic amines is 1. The van der Waals surface area contributed by atoms with Crippen LogP contribution in [0.3, 0.4) is 0 Å². The molecular formula is C21H16N4O. The first-order valence-electron chi connectivity index (χ1n) is 8.66. The third-order valence-corrected chi connectivity index (χ3v) is 5.58. The molecule has 0 amide bonds. The van der Waals surface area contributed by atoms with Crippen LogP contribution in [0, 0.1) is 22.7 Å². The number of fused-ring (bicyclic) bond motifs is 7. The first-order valence-corrected chi connectivity index (χ1v) is 8.66. The van der Waals surface area contributed by atoms with Crippen molar-refractivity contribution in [3.05, 3.63) is 70.9 Å². The van der Waals surface area contributed by atoms with E-state index in [4.69, 9.17) is 10.1 Å². The standard InChI is InChI=1S/C21H16N4O/c1-2-17-18-20(25-24-17)26-19(23)16(11-22)21(18)14-9-5-3-7-12(14)13-8-4-6-10-15(13)21/h3-10,16,23H,2H2,1H3,(H,24,25). The van der Waals surface area contributed by atoms with Crippen LogP contribution in [0.2, 0.25) is 0 Å². The molecule has 5 rings (SSSR count). The minimum absolute atomic E-state index is 0.0549. The van der Waals surface area contributed by atoms with Crippen molar-refractivity contribution in [3.8, 4) is 23.1 Å². The van der Waals surface area contributed by atoms with Gasteiger partial charge in [-0.25, -0.2) is 0 Å². The van der Waals surface area contributed by atoms with Crippen molar-refractivity contribution in [2.75, 3.05) is 0 Å². The molecule has 1 unspecified atom stereocenters. The maximum absolute atomic E-state index is 10.1. The summed E-state index contributed by atoms with van der Waals surface area (Å²) in [6.07, 6.45) is 0.739. The van der Waals surface area contributed by atoms with Crippen LogP contribution in [-0.2, 0) is 11.8 Å². The molecular weight excluding hydrogens is 324 g/mol. The van der Waals surface area contributed by atoms with E-state index in [2.05, 4.69) is 47.5 Å². The van der Waals surface area contributed by atoms with E-state index in [0.29, 0.717) is 5.88 Å². The van der Waals surface area contributed by atoms with Crippen molar-refractivity contribution < 1.29 is 4.74 Å². The summed E-state index contributed by atoms with van der Waals surface area (Å²) in [7, 11) is 0. The molecule has 1 aliphatic carbocycles. The van der Waals surface area contributed by atoms with Gasteiger partial charge in [0.2, 0.25) is 11.8 Å². The molecule has 1 aromatic heterocycles. The molecule has 1 spiro atoms. The monoisotopic (exact) mass is 340 g/mol. The molecule has 126 valence electrons. The van der Waals surface area contributed by atoms with Gasteiger partial charge in [0.15, 0.2) is 0 Å². The van der Waals surface area contributed by atoms with Gasteiger partial charge in [-0.3, -0.25) is 10.5 Å². The van der Waals surface area contributed by atoms with Crippen molar-refractivity contribution in [1.29, 1.82) is 10.7 Å². The number of nitrogens with zero attached hydrogens (tertiary/aromatic N) is 2. The second-order valence-electron chi connectivity index (χ2n) is 6.66. The Morgan fingerprint density at radius 3 is 2.35 bits per heavy atom. The Kier molecular flexibility index (Phi) is 2.90. The number of ether oxygens (including phenoxy) is 1. The van der Waals surface area contributed by atoms with Crippen molar-refractivity contribution in [2.24, 2.45) is 5.92 Å². The third-order valence-electron chi connectivity index (χ3n) is 5.58. The topological polar surface area (TPSA) is 85.5 Å². The zero-order valence-corrected chi connectivity index (χ0v) is 14.2. The quantitative estimate of drug-likeness (QED) is 0.706. The van der Waals surface area contributed by atoms with Crippen molar-refractivity contribution in [2.45, 2.75) is 18.8 Å². The van der Waals surface area contributed by atoms with Crippen LogP contribution in [-0.4, -0.2) is 16.1 Å². The predicted octanol–water partition coefficient (Wildman–Crippen LogP) is 3.80. The van der Waals surface area contributed by atoms with E-state index >= 15 is 0 Å². The van der Waals surface area contributed by atoms with E-state index in [-0.39, 0.29) is 5.90 Å². The van der Waals surface area contributed by atoms with Gasteiger partial charge < -0.3 is 4.74 Å². The largest absolute Gasteiger partial charge is 0.422 e. The Bertz CT molecular complexity index is 1060. The van der Waals surface area contributed by atoms with Crippen molar-refractivity contribution in [1.82, 2.24) is 10.2 Å². The summed E-state index contributed by atoms with van der Waals surface area (Å²) in [6, 6.07) is 18.7. The molecule has 26 heavy (non-hydrogen) atoms. The lowest BCUT2D eigenvalue weighted by Crippen LogP contribution is -2.45. The fraction of sp³-hybridized carbons (Fsp3) is 0.190. The van der Waals surface area contributed by atoms with E-state index in [0.717, 1.165) is 39.9 Å². The second kappa shape index (κ2) is 5.06. The van der Waals surface area contributed by atoms with E-state index in [1.165, 1.54) is 0 Å². The predicted molar refractivity (Wildman–Crippen MR) is 97.2 cm³/mol. The third kappa shape index (κ3) is 1.55. The van der Waals surface area contributed by atoms with Crippen LogP contribution in [0.25, 0.3) is 11.1 Å². The van der Waals surface area contributed by atoms with Gasteiger partial charge in [0, 0.05) is 5.69 Å². The lowest BCUT2D eigenvalue weighted by Gasteiger charge is -2.39. The highest BCUT2D eigenvalue weighted by atomic mass is 16.5. The van der Waals surface area contributed by atoms with E-state index in [1.54, 1.807) is 0 Å². The molecule has 2 N–H and O–H groups in total. The maximum Gasteiger partial charge on any atom is 0.244 e. The zero-order chi connectivity index (χ0) is 17.9. The Labute approximate surface area is 150 Å². The normalized spacial score (nSPS) is 18.6. The highest BCUT2D eigenvalue weighted by molar-refractivity contribution is 5.94. The Morgan fingerprint density at radius 2 is 1.77 bits per heavy atom. The lowest BCUT2D eigenvalue weighted by molar-refractivity contribution is 0.393. The number of aryl methyl sites for hydroxylation is 1. The van der Waals surface area contributed by atoms with Gasteiger partial charge >= 0.3 is 0 Å². The van der Waals surface area contributed by atoms with Crippen LogP contribution in [0.15, 0.2) is 48.5 Å². The molecule has 0 fully saturated rings. The SMILES string of the molecule is CCc1[nH]nc2c1C1(c3ccccc3-c3ccccc31)C(C#N)C(=N)O2. The van der Waals surface area contributed by atoms with Gasteiger partial charge in [0.25, 0.3) is 0 Å².